The third-order valence-electron chi connectivity index (χ3n) is 6.75. The van der Waals surface area contributed by atoms with Crippen molar-refractivity contribution in [1.29, 1.82) is 0 Å². The second-order valence-corrected chi connectivity index (χ2v) is 11.9. The Balaban J connectivity index is 1.56. The standard InChI is InChI=1S/C22H32N4O4S2/c1-15-17(12-23-25(15)2)13-26-10-9-18-19(14-26)31-22(20(18)21(27)30-3)32(28,29)24-11-16-7-5-4-6-8-16/h12,16,24H,4-11,13-14H2,1-3H3. The Morgan fingerprint density at radius 2 is 2.06 bits per heavy atom. The molecule has 176 valence electrons. The van der Waals surface area contributed by atoms with Crippen LogP contribution in [0.25, 0.3) is 0 Å². The molecule has 2 aromatic rings. The van der Waals surface area contributed by atoms with Crippen LogP contribution in [0, 0.1) is 12.8 Å². The lowest BCUT2D eigenvalue weighted by atomic mass is 9.90. The highest BCUT2D eigenvalue weighted by Gasteiger charge is 2.34. The van der Waals surface area contributed by atoms with Gasteiger partial charge in [0.1, 0.15) is 4.21 Å². The molecule has 3 heterocycles. The van der Waals surface area contributed by atoms with E-state index in [-0.39, 0.29) is 9.77 Å². The molecule has 1 fully saturated rings. The summed E-state index contributed by atoms with van der Waals surface area (Å²) >= 11 is 1.21. The number of carbonyl (C=O) groups excluding carboxylic acids is 1. The lowest BCUT2D eigenvalue weighted by Gasteiger charge is -2.26. The van der Waals surface area contributed by atoms with Crippen molar-refractivity contribution in [2.45, 2.75) is 62.7 Å². The number of carbonyl (C=O) groups is 1. The Kier molecular flexibility index (Phi) is 7.04. The number of methoxy groups -OCH3 is 1. The van der Waals surface area contributed by atoms with Gasteiger partial charge in [0, 0.05) is 49.4 Å². The van der Waals surface area contributed by atoms with Gasteiger partial charge in [-0.15, -0.1) is 11.3 Å². The molecular formula is C22H32N4O4S2. The highest BCUT2D eigenvalue weighted by molar-refractivity contribution is 7.91. The van der Waals surface area contributed by atoms with E-state index in [1.54, 1.807) is 0 Å². The Bertz CT molecular complexity index is 1080. The average molecular weight is 481 g/mol. The maximum Gasteiger partial charge on any atom is 0.340 e. The van der Waals surface area contributed by atoms with Crippen molar-refractivity contribution in [3.05, 3.63) is 33.5 Å². The summed E-state index contributed by atoms with van der Waals surface area (Å²) in [6.07, 6.45) is 8.13. The van der Waals surface area contributed by atoms with E-state index < -0.39 is 16.0 Å². The fourth-order valence-electron chi connectivity index (χ4n) is 4.69. The first-order valence-electron chi connectivity index (χ1n) is 11.2. The minimum Gasteiger partial charge on any atom is -0.465 e. The van der Waals surface area contributed by atoms with Crippen LogP contribution in [-0.2, 0) is 41.3 Å². The molecular weight excluding hydrogens is 448 g/mol. The van der Waals surface area contributed by atoms with Gasteiger partial charge in [0.25, 0.3) is 10.0 Å². The van der Waals surface area contributed by atoms with Crippen molar-refractivity contribution in [2.24, 2.45) is 13.0 Å². The second-order valence-electron chi connectivity index (χ2n) is 8.85. The predicted octanol–water partition coefficient (Wildman–Crippen LogP) is 2.99. The number of aryl methyl sites for hydroxylation is 1. The monoisotopic (exact) mass is 480 g/mol. The van der Waals surface area contributed by atoms with E-state index in [2.05, 4.69) is 14.7 Å². The Morgan fingerprint density at radius 1 is 1.31 bits per heavy atom. The number of rotatable bonds is 7. The van der Waals surface area contributed by atoms with Gasteiger partial charge in [-0.3, -0.25) is 9.58 Å². The summed E-state index contributed by atoms with van der Waals surface area (Å²) in [5.74, 6) is -0.204. The quantitative estimate of drug-likeness (QED) is 0.613. The van der Waals surface area contributed by atoms with Gasteiger partial charge in [-0.25, -0.2) is 17.9 Å². The van der Waals surface area contributed by atoms with Gasteiger partial charge >= 0.3 is 5.97 Å². The Labute approximate surface area is 194 Å². The van der Waals surface area contributed by atoms with E-state index in [0.717, 1.165) is 60.5 Å². The Hall–Kier alpha value is -1.75. The fraction of sp³-hybridized carbons (Fsp3) is 0.636. The molecule has 0 spiro atoms. The number of fused-ring (bicyclic) bond motifs is 1. The van der Waals surface area contributed by atoms with Crippen LogP contribution in [-0.4, -0.2) is 49.3 Å². The summed E-state index contributed by atoms with van der Waals surface area (Å²) < 4.78 is 36.2. The highest BCUT2D eigenvalue weighted by atomic mass is 32.2. The molecule has 2 aromatic heterocycles. The van der Waals surface area contributed by atoms with Crippen molar-refractivity contribution >= 4 is 27.3 Å². The third-order valence-corrected chi connectivity index (χ3v) is 9.91. The molecule has 0 atom stereocenters. The summed E-state index contributed by atoms with van der Waals surface area (Å²) in [5.41, 5.74) is 3.31. The SMILES string of the molecule is COC(=O)c1c(S(=O)(=O)NCC2CCCCC2)sc2c1CCN(Cc1cnn(C)c1C)C2. The average Bonchev–Trinajstić information content (AvgIpc) is 3.33. The summed E-state index contributed by atoms with van der Waals surface area (Å²) in [4.78, 5) is 15.8. The highest BCUT2D eigenvalue weighted by Crippen LogP contribution is 2.37. The molecule has 32 heavy (non-hydrogen) atoms. The molecule has 4 rings (SSSR count). The van der Waals surface area contributed by atoms with Crippen molar-refractivity contribution < 1.29 is 17.9 Å². The maximum absolute atomic E-state index is 13.2. The molecule has 10 heteroatoms. The molecule has 0 aromatic carbocycles. The van der Waals surface area contributed by atoms with Gasteiger partial charge in [-0.05, 0) is 37.7 Å². The number of esters is 1. The van der Waals surface area contributed by atoms with E-state index in [0.29, 0.717) is 25.4 Å². The van der Waals surface area contributed by atoms with E-state index >= 15 is 0 Å². The van der Waals surface area contributed by atoms with Gasteiger partial charge in [-0.2, -0.15) is 5.10 Å². The predicted molar refractivity (Wildman–Crippen MR) is 123 cm³/mol. The van der Waals surface area contributed by atoms with Crippen LogP contribution in [0.5, 0.6) is 0 Å². The first-order valence-corrected chi connectivity index (χ1v) is 13.5. The lowest BCUT2D eigenvalue weighted by molar-refractivity contribution is 0.0595. The molecule has 0 bridgehead atoms. The van der Waals surface area contributed by atoms with Gasteiger partial charge in [0.2, 0.25) is 0 Å². The van der Waals surface area contributed by atoms with Crippen molar-refractivity contribution in [2.75, 3.05) is 20.2 Å². The number of sulfonamides is 1. The third kappa shape index (κ3) is 4.78. The van der Waals surface area contributed by atoms with Gasteiger partial charge in [-0.1, -0.05) is 19.3 Å². The number of hydrogen-bond donors (Lipinski definition) is 1. The fourth-order valence-corrected chi connectivity index (χ4v) is 7.77. The van der Waals surface area contributed by atoms with Crippen LogP contribution in [0.2, 0.25) is 0 Å². The minimum absolute atomic E-state index is 0.101. The van der Waals surface area contributed by atoms with Crippen LogP contribution >= 0.6 is 11.3 Å². The van der Waals surface area contributed by atoms with Crippen molar-refractivity contribution in [1.82, 2.24) is 19.4 Å². The summed E-state index contributed by atoms with van der Waals surface area (Å²) in [7, 11) is -0.556. The number of ether oxygens (including phenoxy) is 1. The zero-order valence-electron chi connectivity index (χ0n) is 19.0. The minimum atomic E-state index is -3.78. The van der Waals surface area contributed by atoms with Gasteiger partial charge in [0.15, 0.2) is 0 Å². The number of thiophene rings is 1. The number of nitrogens with one attached hydrogen (secondary N) is 1. The Morgan fingerprint density at radius 3 is 2.72 bits per heavy atom. The molecule has 1 aliphatic carbocycles. The number of hydrogen-bond acceptors (Lipinski definition) is 7. The van der Waals surface area contributed by atoms with Crippen LogP contribution in [0.15, 0.2) is 10.4 Å². The van der Waals surface area contributed by atoms with Crippen molar-refractivity contribution in [3.63, 3.8) is 0 Å². The van der Waals surface area contributed by atoms with Crippen LogP contribution in [0.1, 0.15) is 64.2 Å². The van der Waals surface area contributed by atoms with E-state index in [1.807, 2.05) is 24.9 Å². The molecule has 1 aliphatic heterocycles. The molecule has 0 unspecified atom stereocenters. The molecule has 8 nitrogen and oxygen atoms in total. The molecule has 1 N–H and O–H groups in total. The summed E-state index contributed by atoms with van der Waals surface area (Å²) in [5, 5.41) is 4.31. The maximum atomic E-state index is 13.2. The lowest BCUT2D eigenvalue weighted by Crippen LogP contribution is -2.31. The summed E-state index contributed by atoms with van der Waals surface area (Å²) in [6, 6.07) is 0. The zero-order chi connectivity index (χ0) is 22.9. The number of aromatic nitrogens is 2. The molecule has 0 amide bonds. The van der Waals surface area contributed by atoms with E-state index in [9.17, 15) is 13.2 Å². The van der Waals surface area contributed by atoms with Crippen LogP contribution < -0.4 is 4.72 Å². The molecule has 2 aliphatic rings. The first kappa shape index (κ1) is 23.4. The molecule has 0 radical (unpaired) electrons. The van der Waals surface area contributed by atoms with Crippen molar-refractivity contribution in [3.8, 4) is 0 Å². The largest absolute Gasteiger partial charge is 0.465 e. The van der Waals surface area contributed by atoms with E-state index in [1.165, 1.54) is 24.9 Å². The second kappa shape index (κ2) is 9.62. The van der Waals surface area contributed by atoms with Crippen LogP contribution in [0.4, 0.5) is 0 Å². The number of nitrogens with zero attached hydrogens (tertiary/aromatic N) is 3. The molecule has 0 saturated heterocycles. The zero-order valence-corrected chi connectivity index (χ0v) is 20.6. The first-order chi connectivity index (χ1) is 15.3. The smallest absolute Gasteiger partial charge is 0.340 e. The van der Waals surface area contributed by atoms with E-state index in [4.69, 9.17) is 4.74 Å². The van der Waals surface area contributed by atoms with Crippen LogP contribution in [0.3, 0.4) is 0 Å². The molecule has 1 saturated carbocycles. The topological polar surface area (TPSA) is 93.5 Å². The van der Waals surface area contributed by atoms with Gasteiger partial charge in [0.05, 0.1) is 18.9 Å². The van der Waals surface area contributed by atoms with Gasteiger partial charge < -0.3 is 4.74 Å². The summed E-state index contributed by atoms with van der Waals surface area (Å²) in [6.45, 7) is 4.57. The normalized spacial score (nSPS) is 18.0.